The minimum absolute atomic E-state index is 0.0260. The molecule has 11 heteroatoms. The number of aromatic nitrogens is 3. The zero-order valence-corrected chi connectivity index (χ0v) is 19.0. The van der Waals surface area contributed by atoms with E-state index in [1.54, 1.807) is 11.6 Å². The number of alkyl halides is 3. The summed E-state index contributed by atoms with van der Waals surface area (Å²) in [7, 11) is 0. The van der Waals surface area contributed by atoms with Crippen LogP contribution < -0.4 is 5.32 Å². The molecule has 0 saturated heterocycles. The lowest BCUT2D eigenvalue weighted by molar-refractivity contribution is -0.137. The van der Waals surface area contributed by atoms with Gasteiger partial charge < -0.3 is 5.32 Å². The maximum absolute atomic E-state index is 14.7. The van der Waals surface area contributed by atoms with E-state index in [4.69, 9.17) is 5.26 Å². The average Bonchev–Trinajstić information content (AvgIpc) is 3.52. The SMILES string of the molecule is CCc1ncsc1C(=O)NCc1ccc(-n2ccc(-c3ccc(C#N)c(C(F)(F)F)c3)n2)cc1F. The number of thiazole rings is 1. The Balaban J connectivity index is 1.52. The Labute approximate surface area is 201 Å². The Morgan fingerprint density at radius 1 is 1.20 bits per heavy atom. The topological polar surface area (TPSA) is 83.6 Å². The number of aryl methyl sites for hydroxylation is 1. The fourth-order valence-corrected chi connectivity index (χ4v) is 4.24. The second kappa shape index (κ2) is 9.68. The van der Waals surface area contributed by atoms with E-state index in [2.05, 4.69) is 15.4 Å². The number of halogens is 4. The second-order valence-corrected chi connectivity index (χ2v) is 8.31. The van der Waals surface area contributed by atoms with Crippen LogP contribution >= 0.6 is 11.3 Å². The van der Waals surface area contributed by atoms with Crippen LogP contribution in [0.5, 0.6) is 0 Å². The summed E-state index contributed by atoms with van der Waals surface area (Å²) in [6, 6.07) is 10.7. The van der Waals surface area contributed by atoms with E-state index < -0.39 is 23.1 Å². The van der Waals surface area contributed by atoms with Gasteiger partial charge in [-0.05, 0) is 36.8 Å². The maximum Gasteiger partial charge on any atom is 0.417 e. The Morgan fingerprint density at radius 3 is 2.69 bits per heavy atom. The summed E-state index contributed by atoms with van der Waals surface area (Å²) in [6.45, 7) is 1.86. The number of carbonyl (C=O) groups is 1. The highest BCUT2D eigenvalue weighted by Gasteiger charge is 2.34. The monoisotopic (exact) mass is 499 g/mol. The van der Waals surface area contributed by atoms with Crippen LogP contribution in [-0.4, -0.2) is 20.7 Å². The van der Waals surface area contributed by atoms with Gasteiger partial charge >= 0.3 is 6.18 Å². The van der Waals surface area contributed by atoms with Crippen molar-refractivity contribution in [2.24, 2.45) is 0 Å². The number of rotatable bonds is 6. The van der Waals surface area contributed by atoms with Gasteiger partial charge in [0.25, 0.3) is 5.91 Å². The van der Waals surface area contributed by atoms with Crippen molar-refractivity contribution in [1.82, 2.24) is 20.1 Å². The molecule has 0 aliphatic rings. The lowest BCUT2D eigenvalue weighted by Gasteiger charge is -2.10. The lowest BCUT2D eigenvalue weighted by Crippen LogP contribution is -2.23. The molecule has 35 heavy (non-hydrogen) atoms. The molecule has 1 N–H and O–H groups in total. The minimum atomic E-state index is -4.68. The molecule has 0 spiro atoms. The fourth-order valence-electron chi connectivity index (χ4n) is 3.44. The fraction of sp³-hybridized carbons (Fsp3) is 0.167. The summed E-state index contributed by atoms with van der Waals surface area (Å²) in [4.78, 5) is 17.0. The van der Waals surface area contributed by atoms with Crippen molar-refractivity contribution in [3.05, 3.63) is 87.3 Å². The van der Waals surface area contributed by atoms with Crippen molar-refractivity contribution in [2.45, 2.75) is 26.1 Å². The molecule has 6 nitrogen and oxygen atoms in total. The summed E-state index contributed by atoms with van der Waals surface area (Å²) < 4.78 is 55.8. The smallest absolute Gasteiger partial charge is 0.347 e. The lowest BCUT2D eigenvalue weighted by atomic mass is 10.0. The molecule has 0 aliphatic heterocycles. The second-order valence-electron chi connectivity index (χ2n) is 7.46. The van der Waals surface area contributed by atoms with Crippen molar-refractivity contribution in [3.8, 4) is 23.0 Å². The molecule has 0 bridgehead atoms. The molecule has 2 aromatic carbocycles. The van der Waals surface area contributed by atoms with Crippen molar-refractivity contribution >= 4 is 17.2 Å². The number of hydrogen-bond acceptors (Lipinski definition) is 5. The van der Waals surface area contributed by atoms with Gasteiger partial charge in [-0.25, -0.2) is 14.1 Å². The largest absolute Gasteiger partial charge is 0.417 e. The molecular weight excluding hydrogens is 482 g/mol. The molecule has 2 heterocycles. The van der Waals surface area contributed by atoms with Gasteiger partial charge in [-0.1, -0.05) is 19.1 Å². The van der Waals surface area contributed by atoms with E-state index in [0.29, 0.717) is 22.7 Å². The van der Waals surface area contributed by atoms with E-state index in [0.717, 1.165) is 12.1 Å². The molecule has 0 unspecified atom stereocenters. The number of amides is 1. The predicted molar refractivity (Wildman–Crippen MR) is 121 cm³/mol. The first-order chi connectivity index (χ1) is 16.7. The molecule has 0 fully saturated rings. The first-order valence-corrected chi connectivity index (χ1v) is 11.3. The highest BCUT2D eigenvalue weighted by molar-refractivity contribution is 7.11. The Kier molecular flexibility index (Phi) is 6.66. The third-order valence-electron chi connectivity index (χ3n) is 5.25. The number of hydrogen-bond donors (Lipinski definition) is 1. The first kappa shape index (κ1) is 24.1. The molecule has 4 rings (SSSR count). The Bertz CT molecular complexity index is 1430. The van der Waals surface area contributed by atoms with Crippen LogP contribution in [-0.2, 0) is 19.1 Å². The summed E-state index contributed by atoms with van der Waals surface area (Å²) in [5, 5.41) is 15.9. The molecule has 0 aliphatic carbocycles. The Hall–Kier alpha value is -4.04. The van der Waals surface area contributed by atoms with Gasteiger partial charge in [-0.15, -0.1) is 11.3 Å². The maximum atomic E-state index is 14.7. The van der Waals surface area contributed by atoms with E-state index in [1.807, 2.05) is 6.92 Å². The zero-order valence-electron chi connectivity index (χ0n) is 18.2. The third kappa shape index (κ3) is 5.07. The van der Waals surface area contributed by atoms with Crippen LogP contribution in [0, 0.1) is 17.1 Å². The summed E-state index contributed by atoms with van der Waals surface area (Å²) in [5.74, 6) is -0.900. The van der Waals surface area contributed by atoms with Gasteiger partial charge in [-0.3, -0.25) is 4.79 Å². The van der Waals surface area contributed by atoms with Gasteiger partial charge in [-0.2, -0.15) is 23.5 Å². The molecule has 0 saturated carbocycles. The van der Waals surface area contributed by atoms with Crippen molar-refractivity contribution < 1.29 is 22.4 Å². The normalized spacial score (nSPS) is 11.3. The van der Waals surface area contributed by atoms with Crippen LogP contribution in [0.15, 0.2) is 54.2 Å². The third-order valence-corrected chi connectivity index (χ3v) is 6.12. The molecule has 178 valence electrons. The van der Waals surface area contributed by atoms with Crippen LogP contribution in [0.3, 0.4) is 0 Å². The first-order valence-electron chi connectivity index (χ1n) is 10.4. The molecule has 0 atom stereocenters. The number of nitriles is 1. The van der Waals surface area contributed by atoms with Crippen molar-refractivity contribution in [1.29, 1.82) is 5.26 Å². The number of nitrogens with one attached hydrogen (secondary N) is 1. The number of carbonyl (C=O) groups excluding carboxylic acids is 1. The summed E-state index contributed by atoms with van der Waals surface area (Å²) >= 11 is 1.22. The van der Waals surface area contributed by atoms with E-state index in [9.17, 15) is 22.4 Å². The van der Waals surface area contributed by atoms with Gasteiger partial charge in [0.1, 0.15) is 10.7 Å². The van der Waals surface area contributed by atoms with Crippen LogP contribution in [0.25, 0.3) is 16.9 Å². The Morgan fingerprint density at radius 2 is 2.00 bits per heavy atom. The van der Waals surface area contributed by atoms with Gasteiger partial charge in [0, 0.05) is 23.9 Å². The molecule has 0 radical (unpaired) electrons. The molecule has 1 amide bonds. The molecular formula is C24H17F4N5OS. The van der Waals surface area contributed by atoms with Crippen LogP contribution in [0.2, 0.25) is 0 Å². The summed E-state index contributed by atoms with van der Waals surface area (Å²) in [6.07, 6.45) is -2.58. The van der Waals surface area contributed by atoms with E-state index >= 15 is 0 Å². The van der Waals surface area contributed by atoms with Crippen molar-refractivity contribution in [3.63, 3.8) is 0 Å². The molecule has 2 aromatic heterocycles. The average molecular weight is 499 g/mol. The van der Waals surface area contributed by atoms with Gasteiger partial charge in [0.15, 0.2) is 0 Å². The number of nitrogens with zero attached hydrogens (tertiary/aromatic N) is 4. The van der Waals surface area contributed by atoms with Gasteiger partial charge in [0.2, 0.25) is 0 Å². The number of benzene rings is 2. The van der Waals surface area contributed by atoms with E-state index in [-0.39, 0.29) is 29.3 Å². The van der Waals surface area contributed by atoms with Crippen LogP contribution in [0.1, 0.15) is 39.0 Å². The van der Waals surface area contributed by atoms with Crippen LogP contribution in [0.4, 0.5) is 17.6 Å². The highest BCUT2D eigenvalue weighted by Crippen LogP contribution is 2.34. The highest BCUT2D eigenvalue weighted by atomic mass is 32.1. The molecule has 4 aromatic rings. The summed E-state index contributed by atoms with van der Waals surface area (Å²) in [5.41, 5.74) is 1.76. The van der Waals surface area contributed by atoms with E-state index in [1.165, 1.54) is 52.6 Å². The zero-order chi connectivity index (χ0) is 25.2. The minimum Gasteiger partial charge on any atom is -0.347 e. The quantitative estimate of drug-likeness (QED) is 0.354. The predicted octanol–water partition coefficient (Wildman–Crippen LogP) is 5.52. The standard InChI is InChI=1S/C24H17F4N5OS/c1-2-20-22(35-13-31-20)23(34)30-12-16-5-6-17(10-19(16)25)33-8-7-21(32-33)14-3-4-15(11-29)18(9-14)24(26,27)28/h3-10,13H,2,12H2,1H3,(H,30,34). The van der Waals surface area contributed by atoms with Crippen molar-refractivity contribution in [2.75, 3.05) is 0 Å². The van der Waals surface area contributed by atoms with Gasteiger partial charge in [0.05, 0.1) is 39.8 Å².